The van der Waals surface area contributed by atoms with E-state index in [1.807, 2.05) is 0 Å². The minimum absolute atomic E-state index is 0.0727. The van der Waals surface area contributed by atoms with E-state index < -0.39 is 29.8 Å². The average molecular weight is 340 g/mol. The van der Waals surface area contributed by atoms with E-state index in [1.54, 1.807) is 6.92 Å². The van der Waals surface area contributed by atoms with Gasteiger partial charge in [-0.05, 0) is 31.2 Å². The van der Waals surface area contributed by atoms with Crippen LogP contribution in [0.4, 0.5) is 18.9 Å². The van der Waals surface area contributed by atoms with Gasteiger partial charge in [-0.25, -0.2) is 0 Å². The van der Waals surface area contributed by atoms with Gasteiger partial charge in [-0.2, -0.15) is 13.2 Å². The maximum Gasteiger partial charge on any atom is 0.418 e. The molecule has 128 valence electrons. The van der Waals surface area contributed by atoms with Crippen molar-refractivity contribution in [1.82, 2.24) is 4.57 Å². The van der Waals surface area contributed by atoms with Crippen molar-refractivity contribution in [2.24, 2.45) is 0 Å². The Morgan fingerprint density at radius 2 is 1.92 bits per heavy atom. The second-order valence-corrected chi connectivity index (χ2v) is 4.83. The minimum Gasteiger partial charge on any atom is -0.488 e. The van der Waals surface area contributed by atoms with Crippen LogP contribution in [-0.4, -0.2) is 17.1 Å². The monoisotopic (exact) mass is 340 g/mol. The number of aromatic nitrogens is 1. The smallest absolute Gasteiger partial charge is 0.418 e. The van der Waals surface area contributed by atoms with Gasteiger partial charge in [-0.3, -0.25) is 9.59 Å². The highest BCUT2D eigenvalue weighted by atomic mass is 19.4. The first-order chi connectivity index (χ1) is 11.3. The fourth-order valence-corrected chi connectivity index (χ4v) is 2.09. The van der Waals surface area contributed by atoms with Crippen molar-refractivity contribution in [2.75, 3.05) is 11.9 Å². The van der Waals surface area contributed by atoms with E-state index in [1.165, 1.54) is 30.5 Å². The number of benzene rings is 1. The van der Waals surface area contributed by atoms with Gasteiger partial charge in [-0.1, -0.05) is 12.1 Å². The Kier molecular flexibility index (Phi) is 5.28. The summed E-state index contributed by atoms with van der Waals surface area (Å²) in [4.78, 5) is 24.1. The summed E-state index contributed by atoms with van der Waals surface area (Å²) in [6.07, 6.45) is -3.23. The van der Waals surface area contributed by atoms with E-state index in [9.17, 15) is 22.8 Å². The van der Waals surface area contributed by atoms with Gasteiger partial charge in [0.15, 0.2) is 5.75 Å². The zero-order valence-electron chi connectivity index (χ0n) is 12.8. The standard InChI is InChI=1S/C16H15F3N2O3/c1-2-24-13-8-5-9-21(15(13)23)10-14(22)20-12-7-4-3-6-11(12)16(17,18)19/h3-9H,2,10H2,1H3,(H,20,22). The van der Waals surface area contributed by atoms with Crippen LogP contribution in [0.25, 0.3) is 0 Å². The van der Waals surface area contributed by atoms with Crippen LogP contribution in [0.3, 0.4) is 0 Å². The number of hydrogen-bond donors (Lipinski definition) is 1. The molecule has 24 heavy (non-hydrogen) atoms. The number of anilines is 1. The van der Waals surface area contributed by atoms with Crippen LogP contribution >= 0.6 is 0 Å². The maximum atomic E-state index is 12.9. The van der Waals surface area contributed by atoms with Gasteiger partial charge < -0.3 is 14.6 Å². The second kappa shape index (κ2) is 7.20. The lowest BCUT2D eigenvalue weighted by molar-refractivity contribution is -0.137. The zero-order chi connectivity index (χ0) is 17.7. The number of rotatable bonds is 5. The third kappa shape index (κ3) is 4.15. The molecule has 0 bridgehead atoms. The molecule has 1 aromatic carbocycles. The molecule has 1 aromatic heterocycles. The molecule has 0 spiro atoms. The SMILES string of the molecule is CCOc1cccn(CC(=O)Nc2ccccc2C(F)(F)F)c1=O. The van der Waals surface area contributed by atoms with E-state index in [2.05, 4.69) is 5.32 Å². The summed E-state index contributed by atoms with van der Waals surface area (Å²) < 4.78 is 44.9. The van der Waals surface area contributed by atoms with Gasteiger partial charge in [-0.15, -0.1) is 0 Å². The molecule has 0 saturated carbocycles. The van der Waals surface area contributed by atoms with Crippen LogP contribution in [0.2, 0.25) is 0 Å². The van der Waals surface area contributed by atoms with Crippen LogP contribution in [0.1, 0.15) is 12.5 Å². The maximum absolute atomic E-state index is 12.9. The predicted octanol–water partition coefficient (Wildman–Crippen LogP) is 2.90. The molecule has 2 aromatic rings. The van der Waals surface area contributed by atoms with Gasteiger partial charge in [0.2, 0.25) is 5.91 Å². The second-order valence-electron chi connectivity index (χ2n) is 4.83. The first-order valence-corrected chi connectivity index (χ1v) is 7.11. The van der Waals surface area contributed by atoms with Crippen LogP contribution in [-0.2, 0) is 17.5 Å². The Balaban J connectivity index is 2.19. The lowest BCUT2D eigenvalue weighted by atomic mass is 10.1. The highest BCUT2D eigenvalue weighted by Crippen LogP contribution is 2.34. The van der Waals surface area contributed by atoms with Crippen molar-refractivity contribution >= 4 is 11.6 Å². The molecule has 8 heteroatoms. The summed E-state index contributed by atoms with van der Waals surface area (Å²) in [6, 6.07) is 7.61. The molecule has 0 unspecified atom stereocenters. The third-order valence-electron chi connectivity index (χ3n) is 3.11. The molecular weight excluding hydrogens is 325 g/mol. The van der Waals surface area contributed by atoms with Gasteiger partial charge >= 0.3 is 6.18 Å². The van der Waals surface area contributed by atoms with Gasteiger partial charge in [0.05, 0.1) is 17.9 Å². The zero-order valence-corrected chi connectivity index (χ0v) is 12.8. The number of nitrogens with one attached hydrogen (secondary N) is 1. The Labute approximate surface area is 135 Å². The van der Waals surface area contributed by atoms with E-state index in [-0.39, 0.29) is 18.0 Å². The van der Waals surface area contributed by atoms with Crippen molar-refractivity contribution in [3.63, 3.8) is 0 Å². The summed E-state index contributed by atoms with van der Waals surface area (Å²) in [5.41, 5.74) is -1.84. The number of para-hydroxylation sites is 1. The van der Waals surface area contributed by atoms with E-state index in [0.717, 1.165) is 16.7 Å². The summed E-state index contributed by atoms with van der Waals surface area (Å²) in [5, 5.41) is 2.18. The van der Waals surface area contributed by atoms with Gasteiger partial charge in [0.25, 0.3) is 5.56 Å². The number of carbonyl (C=O) groups excluding carboxylic acids is 1. The molecule has 0 radical (unpaired) electrons. The Morgan fingerprint density at radius 1 is 1.21 bits per heavy atom. The molecule has 0 fully saturated rings. The predicted molar refractivity (Wildman–Crippen MR) is 81.9 cm³/mol. The molecule has 1 amide bonds. The van der Waals surface area contributed by atoms with Gasteiger partial charge in [0, 0.05) is 6.20 Å². The number of alkyl halides is 3. The van der Waals surface area contributed by atoms with Crippen molar-refractivity contribution in [3.8, 4) is 5.75 Å². The topological polar surface area (TPSA) is 60.3 Å². The number of pyridine rings is 1. The first kappa shape index (κ1) is 17.6. The summed E-state index contributed by atoms with van der Waals surface area (Å²) in [7, 11) is 0. The third-order valence-corrected chi connectivity index (χ3v) is 3.11. The van der Waals surface area contributed by atoms with Crippen LogP contribution in [0.15, 0.2) is 47.4 Å². The molecular formula is C16H15F3N2O3. The summed E-state index contributed by atoms with van der Waals surface area (Å²) in [6.45, 7) is 1.56. The molecule has 1 N–H and O–H groups in total. The number of halogens is 3. The average Bonchev–Trinajstić information content (AvgIpc) is 2.51. The summed E-state index contributed by atoms with van der Waals surface area (Å²) >= 11 is 0. The Hall–Kier alpha value is -2.77. The van der Waals surface area contributed by atoms with Crippen molar-refractivity contribution in [2.45, 2.75) is 19.6 Å². The number of hydrogen-bond acceptors (Lipinski definition) is 3. The van der Waals surface area contributed by atoms with Gasteiger partial charge in [0.1, 0.15) is 6.54 Å². The number of nitrogens with zero attached hydrogens (tertiary/aromatic N) is 1. The molecule has 2 rings (SSSR count). The highest BCUT2D eigenvalue weighted by Gasteiger charge is 2.33. The molecule has 0 aliphatic heterocycles. The number of ether oxygens (including phenoxy) is 1. The lowest BCUT2D eigenvalue weighted by Gasteiger charge is -2.14. The van der Waals surface area contributed by atoms with Crippen LogP contribution in [0, 0.1) is 0 Å². The molecule has 0 saturated heterocycles. The van der Waals surface area contributed by atoms with Crippen LogP contribution in [0.5, 0.6) is 5.75 Å². The van der Waals surface area contributed by atoms with E-state index in [0.29, 0.717) is 0 Å². The van der Waals surface area contributed by atoms with E-state index >= 15 is 0 Å². The van der Waals surface area contributed by atoms with Crippen molar-refractivity contribution in [1.29, 1.82) is 0 Å². The molecule has 0 aliphatic rings. The fourth-order valence-electron chi connectivity index (χ4n) is 2.09. The number of amides is 1. The Morgan fingerprint density at radius 3 is 2.58 bits per heavy atom. The highest BCUT2D eigenvalue weighted by molar-refractivity contribution is 5.91. The van der Waals surface area contributed by atoms with Crippen LogP contribution < -0.4 is 15.6 Å². The first-order valence-electron chi connectivity index (χ1n) is 7.11. The molecule has 5 nitrogen and oxygen atoms in total. The molecule has 0 aliphatic carbocycles. The fraction of sp³-hybridized carbons (Fsp3) is 0.250. The number of carbonyl (C=O) groups is 1. The Bertz CT molecular complexity index is 785. The van der Waals surface area contributed by atoms with Crippen molar-refractivity contribution < 1.29 is 22.7 Å². The normalized spacial score (nSPS) is 11.2. The molecule has 0 atom stereocenters. The quantitative estimate of drug-likeness (QED) is 0.910. The van der Waals surface area contributed by atoms with E-state index in [4.69, 9.17) is 4.74 Å². The summed E-state index contributed by atoms with van der Waals surface area (Å²) in [5.74, 6) is -0.675. The molecule has 1 heterocycles. The largest absolute Gasteiger partial charge is 0.488 e. The van der Waals surface area contributed by atoms with Crippen molar-refractivity contribution in [3.05, 3.63) is 58.5 Å². The minimum atomic E-state index is -4.59. The lowest BCUT2D eigenvalue weighted by Crippen LogP contribution is -2.28.